The van der Waals surface area contributed by atoms with Crippen molar-refractivity contribution in [3.05, 3.63) is 83.3 Å². The van der Waals surface area contributed by atoms with Crippen LogP contribution in [0, 0.1) is 13.8 Å². The minimum atomic E-state index is -3.71. The third-order valence-corrected chi connectivity index (χ3v) is 5.86. The van der Waals surface area contributed by atoms with Crippen molar-refractivity contribution >= 4 is 21.6 Å². The Morgan fingerprint density at radius 2 is 1.79 bits per heavy atom. The van der Waals surface area contributed by atoms with E-state index in [1.807, 2.05) is 13.0 Å². The molecule has 6 nitrogen and oxygen atoms in total. The average Bonchev–Trinajstić information content (AvgIpc) is 3.16. The highest BCUT2D eigenvalue weighted by Gasteiger charge is 2.18. The average molecular weight is 398 g/mol. The summed E-state index contributed by atoms with van der Waals surface area (Å²) < 4.78 is 33.2. The first-order chi connectivity index (χ1) is 13.3. The van der Waals surface area contributed by atoms with Crippen LogP contribution < -0.4 is 4.72 Å². The van der Waals surface area contributed by atoms with Crippen molar-refractivity contribution in [2.45, 2.75) is 25.3 Å². The smallest absolute Gasteiger partial charge is 0.262 e. The number of amides is 1. The first-order valence-electron chi connectivity index (χ1n) is 8.74. The maximum atomic E-state index is 12.7. The van der Waals surface area contributed by atoms with Crippen LogP contribution in [0.15, 0.2) is 70.2 Å². The van der Waals surface area contributed by atoms with E-state index in [9.17, 15) is 13.2 Å². The summed E-state index contributed by atoms with van der Waals surface area (Å²) in [5.74, 6) is 0.508. The zero-order valence-corrected chi connectivity index (χ0v) is 16.8. The SMILES string of the molecule is Cc1ccc(C)c(S(=O)(=O)Nc2ccc(C(=O)N(C)Cc3ccco3)cc2)c1. The number of hydrogen-bond acceptors (Lipinski definition) is 4. The van der Waals surface area contributed by atoms with Crippen LogP contribution in [0.2, 0.25) is 0 Å². The monoisotopic (exact) mass is 398 g/mol. The Balaban J connectivity index is 1.73. The van der Waals surface area contributed by atoms with Gasteiger partial charge < -0.3 is 9.32 Å². The third kappa shape index (κ3) is 4.43. The Bertz CT molecular complexity index is 1070. The largest absolute Gasteiger partial charge is 0.467 e. The van der Waals surface area contributed by atoms with Crippen LogP contribution in [0.25, 0.3) is 0 Å². The van der Waals surface area contributed by atoms with E-state index in [0.717, 1.165) is 5.56 Å². The number of carbonyl (C=O) groups is 1. The van der Waals surface area contributed by atoms with Crippen LogP contribution in [0.3, 0.4) is 0 Å². The number of nitrogens with one attached hydrogen (secondary N) is 1. The minimum Gasteiger partial charge on any atom is -0.467 e. The molecule has 0 bridgehead atoms. The molecule has 0 saturated heterocycles. The zero-order chi connectivity index (χ0) is 20.3. The van der Waals surface area contributed by atoms with Gasteiger partial charge >= 0.3 is 0 Å². The second-order valence-electron chi connectivity index (χ2n) is 6.69. The Hall–Kier alpha value is -3.06. The third-order valence-electron chi connectivity index (χ3n) is 4.34. The van der Waals surface area contributed by atoms with E-state index < -0.39 is 10.0 Å². The fourth-order valence-corrected chi connectivity index (χ4v) is 4.21. The molecule has 0 radical (unpaired) electrons. The lowest BCUT2D eigenvalue weighted by atomic mass is 10.2. The first-order valence-corrected chi connectivity index (χ1v) is 10.2. The molecule has 2 aromatic carbocycles. The number of benzene rings is 2. The highest BCUT2D eigenvalue weighted by atomic mass is 32.2. The molecule has 0 atom stereocenters. The predicted molar refractivity (Wildman–Crippen MR) is 108 cm³/mol. The van der Waals surface area contributed by atoms with Crippen molar-refractivity contribution < 1.29 is 17.6 Å². The predicted octanol–water partition coefficient (Wildman–Crippen LogP) is 3.97. The van der Waals surface area contributed by atoms with E-state index in [-0.39, 0.29) is 10.8 Å². The molecule has 0 saturated carbocycles. The van der Waals surface area contributed by atoms with Crippen LogP contribution in [-0.2, 0) is 16.6 Å². The maximum absolute atomic E-state index is 12.7. The number of hydrogen-bond donors (Lipinski definition) is 1. The van der Waals surface area contributed by atoms with Crippen molar-refractivity contribution in [2.24, 2.45) is 0 Å². The number of carbonyl (C=O) groups excluding carboxylic acids is 1. The molecule has 1 amide bonds. The summed E-state index contributed by atoms with van der Waals surface area (Å²) in [5, 5.41) is 0. The van der Waals surface area contributed by atoms with Gasteiger partial charge in [-0.25, -0.2) is 8.42 Å². The van der Waals surface area contributed by atoms with Crippen molar-refractivity contribution in [3.8, 4) is 0 Å². The van der Waals surface area contributed by atoms with E-state index in [4.69, 9.17) is 4.42 Å². The molecule has 0 aliphatic carbocycles. The summed E-state index contributed by atoms with van der Waals surface area (Å²) in [5.41, 5.74) is 2.39. The van der Waals surface area contributed by atoms with Crippen molar-refractivity contribution in [1.29, 1.82) is 0 Å². The topological polar surface area (TPSA) is 79.6 Å². The number of furan rings is 1. The second-order valence-corrected chi connectivity index (χ2v) is 8.34. The molecule has 7 heteroatoms. The molecule has 3 aromatic rings. The lowest BCUT2D eigenvalue weighted by molar-refractivity contribution is 0.0775. The summed E-state index contributed by atoms with van der Waals surface area (Å²) in [7, 11) is -2.03. The molecule has 0 spiro atoms. The number of sulfonamides is 1. The second kappa shape index (κ2) is 7.90. The molecule has 1 N–H and O–H groups in total. The fraction of sp³-hybridized carbons (Fsp3) is 0.190. The standard InChI is InChI=1S/C21H22N2O4S/c1-15-6-7-16(2)20(13-15)28(25,26)22-18-10-8-17(9-11-18)21(24)23(3)14-19-5-4-12-27-19/h4-13,22H,14H2,1-3H3. The first kappa shape index (κ1) is 19.7. The summed E-state index contributed by atoms with van der Waals surface area (Å²) in [6, 6.07) is 15.2. The van der Waals surface area contributed by atoms with Crippen molar-refractivity contribution in [2.75, 3.05) is 11.8 Å². The Labute approximate surface area is 164 Å². The van der Waals surface area contributed by atoms with Gasteiger partial charge in [-0.2, -0.15) is 0 Å². The Morgan fingerprint density at radius 3 is 2.43 bits per heavy atom. The number of nitrogens with zero attached hydrogens (tertiary/aromatic N) is 1. The molecule has 0 aliphatic rings. The molecule has 0 unspecified atom stereocenters. The van der Waals surface area contributed by atoms with Crippen LogP contribution in [0.1, 0.15) is 27.2 Å². The van der Waals surface area contributed by atoms with Crippen LogP contribution >= 0.6 is 0 Å². The Kier molecular flexibility index (Phi) is 5.56. The minimum absolute atomic E-state index is 0.180. The van der Waals surface area contributed by atoms with Gasteiger partial charge in [0.05, 0.1) is 17.7 Å². The van der Waals surface area contributed by atoms with E-state index in [1.165, 1.54) is 4.90 Å². The lowest BCUT2D eigenvalue weighted by Crippen LogP contribution is -2.26. The molecule has 0 aliphatic heterocycles. The molecule has 1 aromatic heterocycles. The quantitative estimate of drug-likeness (QED) is 0.681. The summed E-state index contributed by atoms with van der Waals surface area (Å²) in [6.45, 7) is 3.95. The number of aryl methyl sites for hydroxylation is 2. The van der Waals surface area contributed by atoms with Gasteiger partial charge in [0.2, 0.25) is 0 Å². The zero-order valence-electron chi connectivity index (χ0n) is 16.0. The summed E-state index contributed by atoms with van der Waals surface area (Å²) in [4.78, 5) is 14.3. The number of rotatable bonds is 6. The van der Waals surface area contributed by atoms with Crippen LogP contribution in [0.4, 0.5) is 5.69 Å². The van der Waals surface area contributed by atoms with Gasteiger partial charge in [-0.15, -0.1) is 0 Å². The van der Waals surface area contributed by atoms with Gasteiger partial charge in [-0.1, -0.05) is 12.1 Å². The number of anilines is 1. The van der Waals surface area contributed by atoms with E-state index in [0.29, 0.717) is 29.1 Å². The molecular weight excluding hydrogens is 376 g/mol. The molecule has 0 fully saturated rings. The maximum Gasteiger partial charge on any atom is 0.262 e. The molecule has 1 heterocycles. The van der Waals surface area contributed by atoms with Crippen molar-refractivity contribution in [1.82, 2.24) is 4.90 Å². The van der Waals surface area contributed by atoms with E-state index in [2.05, 4.69) is 4.72 Å². The van der Waals surface area contributed by atoms with Crippen LogP contribution in [-0.4, -0.2) is 26.3 Å². The summed E-state index contributed by atoms with van der Waals surface area (Å²) >= 11 is 0. The van der Waals surface area contributed by atoms with Crippen LogP contribution in [0.5, 0.6) is 0 Å². The van der Waals surface area contributed by atoms with Gasteiger partial charge in [-0.05, 0) is 67.4 Å². The van der Waals surface area contributed by atoms with Gasteiger partial charge in [-0.3, -0.25) is 9.52 Å². The van der Waals surface area contributed by atoms with Gasteiger partial charge in [0.15, 0.2) is 0 Å². The van der Waals surface area contributed by atoms with E-state index in [1.54, 1.807) is 68.8 Å². The molecule has 146 valence electrons. The summed E-state index contributed by atoms with van der Waals surface area (Å²) in [6.07, 6.45) is 1.56. The van der Waals surface area contributed by atoms with Crippen molar-refractivity contribution in [3.63, 3.8) is 0 Å². The van der Waals surface area contributed by atoms with E-state index >= 15 is 0 Å². The highest BCUT2D eigenvalue weighted by Crippen LogP contribution is 2.21. The molecular formula is C21H22N2O4S. The van der Waals surface area contributed by atoms with Gasteiger partial charge in [0.25, 0.3) is 15.9 Å². The molecule has 3 rings (SSSR count). The van der Waals surface area contributed by atoms with Gasteiger partial charge in [0.1, 0.15) is 5.76 Å². The fourth-order valence-electron chi connectivity index (χ4n) is 2.82. The van der Waals surface area contributed by atoms with Gasteiger partial charge in [0, 0.05) is 18.3 Å². The normalized spacial score (nSPS) is 11.2. The lowest BCUT2D eigenvalue weighted by Gasteiger charge is -2.16. The highest BCUT2D eigenvalue weighted by molar-refractivity contribution is 7.92. The molecule has 28 heavy (non-hydrogen) atoms. The Morgan fingerprint density at radius 1 is 1.07 bits per heavy atom.